The number of nitrogens with one attached hydrogen (secondary N) is 2. The molecule has 4 N–H and O–H groups in total. The lowest BCUT2D eigenvalue weighted by atomic mass is 10.1. The van der Waals surface area contributed by atoms with Gasteiger partial charge in [0.2, 0.25) is 5.91 Å². The van der Waals surface area contributed by atoms with Crippen LogP contribution < -0.4 is 16.4 Å². The highest BCUT2D eigenvalue weighted by molar-refractivity contribution is 6.31. The van der Waals surface area contributed by atoms with Crippen LogP contribution in [0.5, 0.6) is 0 Å². The molecule has 3 amide bonds. The quantitative estimate of drug-likeness (QED) is 0.697. The van der Waals surface area contributed by atoms with Crippen molar-refractivity contribution < 1.29 is 9.59 Å². The van der Waals surface area contributed by atoms with Gasteiger partial charge in [-0.3, -0.25) is 4.79 Å². The van der Waals surface area contributed by atoms with Crippen LogP contribution in [0.25, 0.3) is 0 Å². The number of halogens is 1. The topological polar surface area (TPSA) is 84.2 Å². The summed E-state index contributed by atoms with van der Waals surface area (Å²) >= 11 is 6.04. The van der Waals surface area contributed by atoms with Gasteiger partial charge in [0.25, 0.3) is 0 Å². The Morgan fingerprint density at radius 1 is 1.37 bits per heavy atom. The van der Waals surface area contributed by atoms with E-state index < -0.39 is 0 Å². The number of carbonyl (C=O) groups excluding carboxylic acids is 2. The molecule has 104 valence electrons. The number of amides is 3. The lowest BCUT2D eigenvalue weighted by Crippen LogP contribution is -2.37. The van der Waals surface area contributed by atoms with E-state index in [9.17, 15) is 9.59 Å². The molecule has 0 aliphatic rings. The van der Waals surface area contributed by atoms with Crippen molar-refractivity contribution in [2.24, 2.45) is 5.73 Å². The first-order valence-corrected chi connectivity index (χ1v) is 6.45. The fraction of sp³-hybridized carbons (Fsp3) is 0.385. The third-order valence-electron chi connectivity index (χ3n) is 2.60. The highest BCUT2D eigenvalue weighted by Gasteiger charge is 2.11. The summed E-state index contributed by atoms with van der Waals surface area (Å²) in [5, 5.41) is 6.05. The van der Waals surface area contributed by atoms with E-state index in [0.29, 0.717) is 18.0 Å². The normalized spacial score (nSPS) is 11.7. The third-order valence-corrected chi connectivity index (χ3v) is 2.95. The number of urea groups is 1. The predicted octanol–water partition coefficient (Wildman–Crippen LogP) is 1.97. The van der Waals surface area contributed by atoms with Gasteiger partial charge in [-0.2, -0.15) is 0 Å². The third kappa shape index (κ3) is 5.61. The summed E-state index contributed by atoms with van der Waals surface area (Å²) in [4.78, 5) is 22.1. The number of primary amides is 1. The predicted molar refractivity (Wildman–Crippen MR) is 74.8 cm³/mol. The largest absolute Gasteiger partial charge is 0.370 e. The fourth-order valence-electron chi connectivity index (χ4n) is 1.62. The summed E-state index contributed by atoms with van der Waals surface area (Å²) in [6.07, 6.45) is 0.795. The molecular weight excluding hydrogens is 266 g/mol. The molecule has 1 rings (SSSR count). The van der Waals surface area contributed by atoms with Gasteiger partial charge in [-0.1, -0.05) is 29.8 Å². The number of nitrogens with two attached hydrogens (primary N) is 1. The highest BCUT2D eigenvalue weighted by Crippen LogP contribution is 2.21. The molecule has 5 nitrogen and oxygen atoms in total. The monoisotopic (exact) mass is 283 g/mol. The Balaban J connectivity index is 2.36. The van der Waals surface area contributed by atoms with Gasteiger partial charge in [0.15, 0.2) is 0 Å². The maximum Gasteiger partial charge on any atom is 0.315 e. The smallest absolute Gasteiger partial charge is 0.315 e. The minimum atomic E-state index is -0.369. The molecule has 1 aromatic rings. The van der Waals surface area contributed by atoms with Crippen molar-refractivity contribution in [1.29, 1.82) is 0 Å². The first kappa shape index (κ1) is 15.3. The minimum absolute atomic E-state index is 0.190. The van der Waals surface area contributed by atoms with Crippen molar-refractivity contribution >= 4 is 23.5 Å². The number of hydrogen-bond acceptors (Lipinski definition) is 2. The molecule has 1 unspecified atom stereocenters. The summed E-state index contributed by atoms with van der Waals surface area (Å²) in [7, 11) is 0. The molecule has 0 aliphatic heterocycles. The minimum Gasteiger partial charge on any atom is -0.370 e. The Kier molecular flexibility index (Phi) is 6.15. The van der Waals surface area contributed by atoms with Crippen LogP contribution in [-0.2, 0) is 4.79 Å². The molecule has 0 aromatic heterocycles. The molecule has 0 spiro atoms. The molecule has 0 bridgehead atoms. The molecule has 0 saturated heterocycles. The second kappa shape index (κ2) is 7.63. The molecule has 0 heterocycles. The Hall–Kier alpha value is -1.75. The van der Waals surface area contributed by atoms with Crippen LogP contribution in [0.1, 0.15) is 31.4 Å². The van der Waals surface area contributed by atoms with Crippen molar-refractivity contribution in [1.82, 2.24) is 10.6 Å². The number of hydrogen-bond donors (Lipinski definition) is 3. The Bertz CT molecular complexity index is 451. The molecule has 0 fully saturated rings. The lowest BCUT2D eigenvalue weighted by molar-refractivity contribution is -0.118. The molecule has 19 heavy (non-hydrogen) atoms. The van der Waals surface area contributed by atoms with Crippen molar-refractivity contribution in [2.75, 3.05) is 6.54 Å². The summed E-state index contributed by atoms with van der Waals surface area (Å²) in [5.41, 5.74) is 5.86. The number of carbonyl (C=O) groups is 2. The van der Waals surface area contributed by atoms with Crippen molar-refractivity contribution in [3.8, 4) is 0 Å². The molecule has 6 heteroatoms. The highest BCUT2D eigenvalue weighted by atomic mass is 35.5. The molecule has 1 atom stereocenters. The summed E-state index contributed by atoms with van der Waals surface area (Å²) in [6.45, 7) is 2.26. The van der Waals surface area contributed by atoms with E-state index in [4.69, 9.17) is 17.3 Å². The van der Waals surface area contributed by atoms with Crippen LogP contribution in [0.3, 0.4) is 0 Å². The lowest BCUT2D eigenvalue weighted by Gasteiger charge is -2.16. The van der Waals surface area contributed by atoms with Gasteiger partial charge in [-0.15, -0.1) is 0 Å². The molecule has 0 radical (unpaired) electrons. The second-order valence-corrected chi connectivity index (χ2v) is 4.62. The van der Waals surface area contributed by atoms with Gasteiger partial charge >= 0.3 is 6.03 Å². The molecule has 1 aromatic carbocycles. The van der Waals surface area contributed by atoms with Crippen molar-refractivity contribution in [3.05, 3.63) is 34.9 Å². The van der Waals surface area contributed by atoms with Gasteiger partial charge in [0.1, 0.15) is 0 Å². The van der Waals surface area contributed by atoms with Crippen LogP contribution in [0, 0.1) is 0 Å². The van der Waals surface area contributed by atoms with Gasteiger partial charge in [-0.05, 0) is 25.0 Å². The van der Waals surface area contributed by atoms with Crippen molar-refractivity contribution in [2.45, 2.75) is 25.8 Å². The van der Waals surface area contributed by atoms with Crippen LogP contribution in [-0.4, -0.2) is 18.5 Å². The average molecular weight is 284 g/mol. The van der Waals surface area contributed by atoms with Gasteiger partial charge < -0.3 is 16.4 Å². The van der Waals surface area contributed by atoms with Gasteiger partial charge in [-0.25, -0.2) is 4.79 Å². The zero-order valence-corrected chi connectivity index (χ0v) is 11.5. The summed E-state index contributed by atoms with van der Waals surface area (Å²) < 4.78 is 0. The molecular formula is C13H18ClN3O2. The second-order valence-electron chi connectivity index (χ2n) is 4.21. The fourth-order valence-corrected chi connectivity index (χ4v) is 1.92. The van der Waals surface area contributed by atoms with E-state index >= 15 is 0 Å². The number of benzene rings is 1. The van der Waals surface area contributed by atoms with E-state index in [0.717, 1.165) is 5.56 Å². The van der Waals surface area contributed by atoms with E-state index in [-0.39, 0.29) is 24.4 Å². The van der Waals surface area contributed by atoms with E-state index in [1.54, 1.807) is 6.07 Å². The summed E-state index contributed by atoms with van der Waals surface area (Å²) in [5.74, 6) is -0.369. The zero-order valence-electron chi connectivity index (χ0n) is 10.8. The Labute approximate surface area is 117 Å². The Morgan fingerprint density at radius 2 is 2.05 bits per heavy atom. The molecule has 0 saturated carbocycles. The van der Waals surface area contributed by atoms with Crippen molar-refractivity contribution in [3.63, 3.8) is 0 Å². The van der Waals surface area contributed by atoms with Gasteiger partial charge in [0, 0.05) is 18.0 Å². The van der Waals surface area contributed by atoms with Crippen LogP contribution >= 0.6 is 11.6 Å². The van der Waals surface area contributed by atoms with Crippen LogP contribution in [0.4, 0.5) is 4.79 Å². The van der Waals surface area contributed by atoms with E-state index in [1.165, 1.54) is 0 Å². The SMILES string of the molecule is CC(NC(=O)NCCCC(N)=O)c1ccccc1Cl. The number of rotatable bonds is 6. The van der Waals surface area contributed by atoms with Crippen LogP contribution in [0.2, 0.25) is 5.02 Å². The molecule has 0 aliphatic carbocycles. The zero-order chi connectivity index (χ0) is 14.3. The first-order valence-electron chi connectivity index (χ1n) is 6.08. The average Bonchev–Trinajstić information content (AvgIpc) is 2.35. The van der Waals surface area contributed by atoms with E-state index in [1.807, 2.05) is 25.1 Å². The maximum atomic E-state index is 11.6. The first-order chi connectivity index (χ1) is 9.00. The summed E-state index contributed by atoms with van der Waals surface area (Å²) in [6, 6.07) is 6.86. The maximum absolute atomic E-state index is 11.6. The van der Waals surface area contributed by atoms with Gasteiger partial charge in [0.05, 0.1) is 6.04 Å². The standard InChI is InChI=1S/C13H18ClN3O2/c1-9(10-5-2-3-6-11(10)14)17-13(19)16-8-4-7-12(15)18/h2-3,5-6,9H,4,7-8H2,1H3,(H2,15,18)(H2,16,17,19). The van der Waals surface area contributed by atoms with E-state index in [2.05, 4.69) is 10.6 Å². The van der Waals surface area contributed by atoms with Crippen LogP contribution in [0.15, 0.2) is 24.3 Å². The Morgan fingerprint density at radius 3 is 2.68 bits per heavy atom.